The molecule has 7 heteroatoms. The van der Waals surface area contributed by atoms with E-state index in [9.17, 15) is 0 Å². The minimum absolute atomic E-state index is 0.319. The fourth-order valence-corrected chi connectivity index (χ4v) is 2.89. The number of anilines is 1. The number of nitrogens with two attached hydrogens (primary N) is 1. The summed E-state index contributed by atoms with van der Waals surface area (Å²) in [5, 5.41) is 7.38. The molecule has 2 N–H and O–H groups in total. The number of halogens is 2. The summed E-state index contributed by atoms with van der Waals surface area (Å²) in [5.41, 5.74) is 7.41. The zero-order chi connectivity index (χ0) is 14.8. The Morgan fingerprint density at radius 3 is 2.86 bits per heavy atom. The third kappa shape index (κ3) is 3.10. The van der Waals surface area contributed by atoms with Crippen LogP contribution in [0.1, 0.15) is 5.56 Å². The maximum atomic E-state index is 6.09. The minimum Gasteiger partial charge on any atom is -0.368 e. The van der Waals surface area contributed by atoms with Crippen molar-refractivity contribution in [1.29, 1.82) is 0 Å². The Morgan fingerprint density at radius 1 is 1.29 bits per heavy atom. The maximum Gasteiger partial charge on any atom is 0.221 e. The fraction of sp³-hybridized carbons (Fsp3) is 0. The zero-order valence-corrected chi connectivity index (χ0v) is 13.0. The Morgan fingerprint density at radius 2 is 2.14 bits per heavy atom. The van der Waals surface area contributed by atoms with Gasteiger partial charge in [-0.15, -0.1) is 11.3 Å². The van der Waals surface area contributed by atoms with Gasteiger partial charge in [-0.25, -0.2) is 9.66 Å². The van der Waals surface area contributed by atoms with Crippen LogP contribution < -0.4 is 5.73 Å². The Hall–Kier alpha value is -1.82. The van der Waals surface area contributed by atoms with Crippen molar-refractivity contribution in [3.05, 3.63) is 57.5 Å². The van der Waals surface area contributed by atoms with E-state index in [4.69, 9.17) is 28.9 Å². The molecule has 2 aromatic heterocycles. The molecule has 0 spiro atoms. The number of nitrogen functional groups attached to an aromatic ring is 1. The summed E-state index contributed by atoms with van der Waals surface area (Å²) < 4.78 is 1.51. The summed E-state index contributed by atoms with van der Waals surface area (Å²) in [6.07, 6.45) is 3.40. The molecule has 3 rings (SSSR count). The molecule has 2 heterocycles. The number of imidazole rings is 1. The standard InChI is InChI=1S/C14H10Cl2N4S/c15-10-4-3-9(11(16)6-10)7-18-20-8-12(19-14(20)17)13-2-1-5-21-13/h1-8H,(H2,17,19)/b18-7+. The van der Waals surface area contributed by atoms with Gasteiger partial charge in [-0.05, 0) is 23.6 Å². The molecule has 0 amide bonds. The highest BCUT2D eigenvalue weighted by Gasteiger charge is 2.07. The molecule has 1 aromatic carbocycles. The Kier molecular flexibility index (Phi) is 3.96. The van der Waals surface area contributed by atoms with Crippen LogP contribution in [0.2, 0.25) is 10.0 Å². The van der Waals surface area contributed by atoms with Crippen LogP contribution in [0.15, 0.2) is 47.0 Å². The summed E-state index contributed by atoms with van der Waals surface area (Å²) in [5.74, 6) is 0.319. The van der Waals surface area contributed by atoms with E-state index < -0.39 is 0 Å². The number of thiophene rings is 1. The van der Waals surface area contributed by atoms with Crippen LogP contribution >= 0.6 is 34.5 Å². The van der Waals surface area contributed by atoms with Gasteiger partial charge in [0.2, 0.25) is 5.95 Å². The molecule has 0 fully saturated rings. The van der Waals surface area contributed by atoms with Crippen LogP contribution in [0.3, 0.4) is 0 Å². The van der Waals surface area contributed by atoms with Gasteiger partial charge in [0.25, 0.3) is 0 Å². The third-order valence-corrected chi connectivity index (χ3v) is 4.23. The fourth-order valence-electron chi connectivity index (χ4n) is 1.75. The van der Waals surface area contributed by atoms with Gasteiger partial charge in [-0.1, -0.05) is 35.3 Å². The first-order chi connectivity index (χ1) is 10.1. The van der Waals surface area contributed by atoms with E-state index in [0.717, 1.165) is 16.1 Å². The predicted molar refractivity (Wildman–Crippen MR) is 89.4 cm³/mol. The summed E-state index contributed by atoms with van der Waals surface area (Å²) in [7, 11) is 0. The number of nitrogens with zero attached hydrogens (tertiary/aromatic N) is 3. The van der Waals surface area contributed by atoms with Crippen LogP contribution in [0, 0.1) is 0 Å². The molecule has 0 unspecified atom stereocenters. The van der Waals surface area contributed by atoms with Crippen molar-refractivity contribution in [3.8, 4) is 10.6 Å². The second kappa shape index (κ2) is 5.89. The number of hydrogen-bond acceptors (Lipinski definition) is 4. The highest BCUT2D eigenvalue weighted by Crippen LogP contribution is 2.24. The second-order valence-corrected chi connectivity index (χ2v) is 6.01. The first-order valence-corrected chi connectivity index (χ1v) is 7.65. The quantitative estimate of drug-likeness (QED) is 0.721. The normalized spacial score (nSPS) is 11.3. The Bertz CT molecular complexity index is 793. The molecule has 0 radical (unpaired) electrons. The van der Waals surface area contributed by atoms with Crippen molar-refractivity contribution in [2.75, 3.05) is 5.73 Å². The lowest BCUT2D eigenvalue weighted by atomic mass is 10.2. The van der Waals surface area contributed by atoms with E-state index in [1.807, 2.05) is 17.5 Å². The van der Waals surface area contributed by atoms with E-state index in [2.05, 4.69) is 10.1 Å². The van der Waals surface area contributed by atoms with Crippen LogP contribution in [0.5, 0.6) is 0 Å². The van der Waals surface area contributed by atoms with Crippen molar-refractivity contribution >= 4 is 46.7 Å². The molecule has 0 atom stereocenters. The monoisotopic (exact) mass is 336 g/mol. The molecule has 3 aromatic rings. The van der Waals surface area contributed by atoms with Gasteiger partial charge in [0, 0.05) is 10.6 Å². The van der Waals surface area contributed by atoms with Gasteiger partial charge < -0.3 is 5.73 Å². The first-order valence-electron chi connectivity index (χ1n) is 6.01. The molecule has 0 aliphatic heterocycles. The molecule has 0 bridgehead atoms. The molecule has 0 saturated heterocycles. The van der Waals surface area contributed by atoms with Crippen molar-refractivity contribution in [2.24, 2.45) is 5.10 Å². The smallest absolute Gasteiger partial charge is 0.221 e. The molecule has 0 aliphatic rings. The minimum atomic E-state index is 0.319. The summed E-state index contributed by atoms with van der Waals surface area (Å²) in [6.45, 7) is 0. The summed E-state index contributed by atoms with van der Waals surface area (Å²) in [4.78, 5) is 5.33. The van der Waals surface area contributed by atoms with Crippen LogP contribution in [-0.2, 0) is 0 Å². The largest absolute Gasteiger partial charge is 0.368 e. The van der Waals surface area contributed by atoms with Gasteiger partial charge in [-0.3, -0.25) is 0 Å². The number of rotatable bonds is 3. The Balaban J connectivity index is 1.89. The molecular weight excluding hydrogens is 327 g/mol. The highest BCUT2D eigenvalue weighted by atomic mass is 35.5. The van der Waals surface area contributed by atoms with Crippen molar-refractivity contribution in [1.82, 2.24) is 9.66 Å². The molecule has 21 heavy (non-hydrogen) atoms. The van der Waals surface area contributed by atoms with E-state index in [-0.39, 0.29) is 0 Å². The van der Waals surface area contributed by atoms with Gasteiger partial charge in [0.15, 0.2) is 0 Å². The lowest BCUT2D eigenvalue weighted by molar-refractivity contribution is 0.898. The van der Waals surface area contributed by atoms with Crippen molar-refractivity contribution in [2.45, 2.75) is 0 Å². The number of aromatic nitrogens is 2. The van der Waals surface area contributed by atoms with Gasteiger partial charge in [0.05, 0.1) is 22.3 Å². The molecule has 0 saturated carbocycles. The van der Waals surface area contributed by atoms with E-state index in [1.54, 1.807) is 41.9 Å². The van der Waals surface area contributed by atoms with E-state index in [1.165, 1.54) is 4.68 Å². The Labute approximate surface area is 135 Å². The van der Waals surface area contributed by atoms with Gasteiger partial charge >= 0.3 is 0 Å². The molecular formula is C14H10Cl2N4S. The van der Waals surface area contributed by atoms with Crippen molar-refractivity contribution in [3.63, 3.8) is 0 Å². The van der Waals surface area contributed by atoms with Gasteiger partial charge in [0.1, 0.15) is 5.69 Å². The average molecular weight is 337 g/mol. The SMILES string of the molecule is Nc1nc(-c2cccs2)cn1/N=C/c1ccc(Cl)cc1Cl. The predicted octanol–water partition coefficient (Wildman–Crippen LogP) is 4.38. The van der Waals surface area contributed by atoms with Crippen LogP contribution in [0.4, 0.5) is 5.95 Å². The lowest BCUT2D eigenvalue weighted by Crippen LogP contribution is -1.97. The van der Waals surface area contributed by atoms with E-state index in [0.29, 0.717) is 16.0 Å². The second-order valence-electron chi connectivity index (χ2n) is 4.22. The van der Waals surface area contributed by atoms with Crippen LogP contribution in [0.25, 0.3) is 10.6 Å². The van der Waals surface area contributed by atoms with Gasteiger partial charge in [-0.2, -0.15) is 5.10 Å². The van der Waals surface area contributed by atoms with E-state index >= 15 is 0 Å². The summed E-state index contributed by atoms with van der Waals surface area (Å²) >= 11 is 13.5. The molecule has 0 aliphatic carbocycles. The van der Waals surface area contributed by atoms with Crippen LogP contribution in [-0.4, -0.2) is 15.9 Å². The topological polar surface area (TPSA) is 56.2 Å². The number of benzene rings is 1. The summed E-state index contributed by atoms with van der Waals surface area (Å²) in [6, 6.07) is 9.16. The molecule has 106 valence electrons. The number of hydrogen-bond donors (Lipinski definition) is 1. The molecule has 4 nitrogen and oxygen atoms in total. The van der Waals surface area contributed by atoms with Crippen molar-refractivity contribution < 1.29 is 0 Å². The average Bonchev–Trinajstić information content (AvgIpc) is 3.07. The first kappa shape index (κ1) is 14.1. The third-order valence-electron chi connectivity index (χ3n) is 2.77. The lowest BCUT2D eigenvalue weighted by Gasteiger charge is -1.99. The highest BCUT2D eigenvalue weighted by molar-refractivity contribution is 7.13. The zero-order valence-electron chi connectivity index (χ0n) is 10.7. The maximum absolute atomic E-state index is 6.09.